The number of aromatic nitrogens is 1. The first-order valence-electron chi connectivity index (χ1n) is 10.3. The van der Waals surface area contributed by atoms with Crippen LogP contribution in [0, 0.1) is 16.0 Å². The van der Waals surface area contributed by atoms with Crippen molar-refractivity contribution in [3.8, 4) is 0 Å². The predicted octanol–water partition coefficient (Wildman–Crippen LogP) is 3.20. The number of carbonyl (C=O) groups is 1. The second kappa shape index (κ2) is 9.40. The molecule has 0 N–H and O–H groups in total. The van der Waals surface area contributed by atoms with Gasteiger partial charge in [0.05, 0.1) is 28.1 Å². The number of benzene rings is 2. The number of thiazole rings is 1. The molecule has 0 saturated heterocycles. The first-order valence-corrected chi connectivity index (χ1v) is 11.9. The maximum atomic E-state index is 13.5. The molecule has 4 rings (SSSR count). The van der Waals surface area contributed by atoms with Crippen LogP contribution in [0.15, 0.2) is 62.8 Å². The number of nitro groups is 1. The normalized spacial score (nSPS) is 20.1. The van der Waals surface area contributed by atoms with E-state index in [4.69, 9.17) is 4.74 Å². The maximum absolute atomic E-state index is 13.5. The lowest BCUT2D eigenvalue weighted by Crippen LogP contribution is -2.47. The van der Waals surface area contributed by atoms with E-state index in [0.29, 0.717) is 14.9 Å². The molecule has 3 aromatic rings. The van der Waals surface area contributed by atoms with Crippen LogP contribution >= 0.6 is 27.3 Å². The summed E-state index contributed by atoms with van der Waals surface area (Å²) in [6, 6.07) is 12.5. The highest BCUT2D eigenvalue weighted by Crippen LogP contribution is 2.33. The Kier molecular flexibility index (Phi) is 6.57. The van der Waals surface area contributed by atoms with E-state index in [1.54, 1.807) is 29.7 Å². The monoisotopic (exact) mass is 529 g/mol. The fraction of sp³-hybridized carbons (Fsp3) is 0.261. The van der Waals surface area contributed by atoms with Crippen LogP contribution in [-0.4, -0.2) is 28.1 Å². The van der Waals surface area contributed by atoms with Crippen LogP contribution < -0.4 is 14.9 Å². The average Bonchev–Trinajstić information content (AvgIpc) is 3.07. The lowest BCUT2D eigenvalue weighted by Gasteiger charge is -2.32. The van der Waals surface area contributed by atoms with Crippen molar-refractivity contribution in [2.24, 2.45) is 10.9 Å². The molecule has 0 fully saturated rings. The summed E-state index contributed by atoms with van der Waals surface area (Å²) in [7, 11) is 0. The smallest absolute Gasteiger partial charge is 0.313 e. The Labute approximate surface area is 201 Å². The van der Waals surface area contributed by atoms with E-state index in [-0.39, 0.29) is 17.9 Å². The molecule has 1 aliphatic heterocycles. The van der Waals surface area contributed by atoms with E-state index in [2.05, 4.69) is 20.9 Å². The first kappa shape index (κ1) is 23.1. The van der Waals surface area contributed by atoms with Gasteiger partial charge in [0.25, 0.3) is 11.2 Å². The van der Waals surface area contributed by atoms with Gasteiger partial charge in [0.2, 0.25) is 0 Å². The highest BCUT2D eigenvalue weighted by Gasteiger charge is 2.41. The molecule has 0 spiro atoms. The zero-order valence-electron chi connectivity index (χ0n) is 17.8. The molecule has 1 aliphatic rings. The maximum Gasteiger partial charge on any atom is 0.313 e. The minimum Gasteiger partial charge on any atom is -0.466 e. The van der Waals surface area contributed by atoms with Crippen molar-refractivity contribution in [1.29, 1.82) is 0 Å². The first-order chi connectivity index (χ1) is 15.8. The number of hydrogen-bond donors (Lipinski definition) is 0. The Morgan fingerprint density at radius 1 is 1.30 bits per heavy atom. The Balaban J connectivity index is 1.90. The Bertz CT molecular complexity index is 1400. The Morgan fingerprint density at radius 2 is 2.03 bits per heavy atom. The lowest BCUT2D eigenvalue weighted by atomic mass is 9.86. The number of nitro benzene ring substituents is 1. The molecule has 2 heterocycles. The largest absolute Gasteiger partial charge is 0.466 e. The minimum atomic E-state index is -0.661. The van der Waals surface area contributed by atoms with E-state index in [1.165, 1.54) is 23.5 Å². The summed E-state index contributed by atoms with van der Waals surface area (Å²) >= 11 is 4.71. The number of ether oxygens (including phenoxy) is 1. The molecule has 8 nitrogen and oxygen atoms in total. The average molecular weight is 530 g/mol. The highest BCUT2D eigenvalue weighted by atomic mass is 79.9. The van der Waals surface area contributed by atoms with Crippen molar-refractivity contribution < 1.29 is 14.5 Å². The molecule has 0 saturated carbocycles. The van der Waals surface area contributed by atoms with Gasteiger partial charge in [-0.2, -0.15) is 0 Å². The molecule has 33 heavy (non-hydrogen) atoms. The summed E-state index contributed by atoms with van der Waals surface area (Å²) in [5, 5.41) is 10.9. The summed E-state index contributed by atoms with van der Waals surface area (Å²) in [6.07, 6.45) is 1.68. The van der Waals surface area contributed by atoms with E-state index < -0.39 is 28.9 Å². The number of halogens is 1. The quantitative estimate of drug-likeness (QED) is 0.286. The lowest BCUT2D eigenvalue weighted by molar-refractivity contribution is -0.384. The van der Waals surface area contributed by atoms with E-state index >= 15 is 0 Å². The fourth-order valence-electron chi connectivity index (χ4n) is 3.96. The second-order valence-corrected chi connectivity index (χ2v) is 9.49. The zero-order chi connectivity index (χ0) is 23.7. The predicted molar refractivity (Wildman–Crippen MR) is 128 cm³/mol. The van der Waals surface area contributed by atoms with Gasteiger partial charge < -0.3 is 4.74 Å². The van der Waals surface area contributed by atoms with Crippen molar-refractivity contribution in [1.82, 2.24) is 4.57 Å². The number of carbonyl (C=O) groups excluding carboxylic acids is 1. The van der Waals surface area contributed by atoms with Gasteiger partial charge in [0.1, 0.15) is 5.92 Å². The molecule has 10 heteroatoms. The number of esters is 1. The zero-order valence-corrected chi connectivity index (χ0v) is 20.2. The standard InChI is InChI=1S/C23H20BrN3O5S/c1-3-32-22(29)19-13(2)25-23-26(20(19)15-5-4-6-16(24)12-15)21(28)18(33-23)11-14-7-9-17(10-8-14)27(30)31/h4-13,19-20H,3H2,1-2H3. The molecule has 0 radical (unpaired) electrons. The van der Waals surface area contributed by atoms with Crippen molar-refractivity contribution >= 4 is 45.0 Å². The summed E-state index contributed by atoms with van der Waals surface area (Å²) < 4.78 is 8.16. The topological polar surface area (TPSA) is 104 Å². The van der Waals surface area contributed by atoms with Gasteiger partial charge in [-0.1, -0.05) is 39.4 Å². The Morgan fingerprint density at radius 3 is 2.67 bits per heavy atom. The third kappa shape index (κ3) is 4.53. The molecule has 0 bridgehead atoms. The van der Waals surface area contributed by atoms with Crippen LogP contribution in [-0.2, 0) is 9.53 Å². The minimum absolute atomic E-state index is 0.0230. The van der Waals surface area contributed by atoms with Crippen molar-refractivity contribution in [2.45, 2.75) is 25.9 Å². The van der Waals surface area contributed by atoms with Crippen molar-refractivity contribution in [2.75, 3.05) is 6.61 Å². The molecule has 0 aliphatic carbocycles. The molecular weight excluding hydrogens is 510 g/mol. The van der Waals surface area contributed by atoms with Gasteiger partial charge in [-0.25, -0.2) is 0 Å². The number of fused-ring (bicyclic) bond motifs is 1. The SMILES string of the molecule is CCOC(=O)C1C(C)N=c2sc(=Cc3ccc([N+](=O)[O-])cc3)c(=O)n2C1c1cccc(Br)c1. The second-order valence-electron chi connectivity index (χ2n) is 7.56. The summed E-state index contributed by atoms with van der Waals surface area (Å²) in [6.45, 7) is 3.83. The highest BCUT2D eigenvalue weighted by molar-refractivity contribution is 9.10. The van der Waals surface area contributed by atoms with Gasteiger partial charge in [0, 0.05) is 16.6 Å². The number of rotatable bonds is 5. The Hall–Kier alpha value is -3.11. The number of nitrogens with zero attached hydrogens (tertiary/aromatic N) is 3. The van der Waals surface area contributed by atoms with E-state index in [9.17, 15) is 19.7 Å². The molecule has 3 unspecified atom stereocenters. The van der Waals surface area contributed by atoms with E-state index in [0.717, 1.165) is 10.0 Å². The van der Waals surface area contributed by atoms with Crippen molar-refractivity contribution in [3.05, 3.63) is 93.9 Å². The molecular formula is C23H20BrN3O5S. The molecule has 0 amide bonds. The van der Waals surface area contributed by atoms with Gasteiger partial charge >= 0.3 is 5.97 Å². The third-order valence-corrected chi connectivity index (χ3v) is 6.93. The van der Waals surface area contributed by atoms with E-state index in [1.807, 2.05) is 31.2 Å². The molecule has 3 atom stereocenters. The summed E-state index contributed by atoms with van der Waals surface area (Å²) in [5.74, 6) is -1.06. The fourth-order valence-corrected chi connectivity index (χ4v) is 5.46. The van der Waals surface area contributed by atoms with Gasteiger partial charge in [-0.05, 0) is 55.3 Å². The summed E-state index contributed by atoms with van der Waals surface area (Å²) in [5.41, 5.74) is 1.16. The van der Waals surface area contributed by atoms with Gasteiger partial charge in [0.15, 0.2) is 4.80 Å². The van der Waals surface area contributed by atoms with Crippen LogP contribution in [0.2, 0.25) is 0 Å². The van der Waals surface area contributed by atoms with Crippen molar-refractivity contribution in [3.63, 3.8) is 0 Å². The van der Waals surface area contributed by atoms with Crippen LogP contribution in [0.5, 0.6) is 0 Å². The molecule has 170 valence electrons. The van der Waals surface area contributed by atoms with Gasteiger partial charge in [-0.15, -0.1) is 0 Å². The third-order valence-electron chi connectivity index (χ3n) is 5.44. The molecule has 2 aromatic carbocycles. The van der Waals surface area contributed by atoms with Crippen LogP contribution in [0.1, 0.15) is 31.0 Å². The van der Waals surface area contributed by atoms with Gasteiger partial charge in [-0.3, -0.25) is 29.3 Å². The van der Waals surface area contributed by atoms with Crippen LogP contribution in [0.25, 0.3) is 6.08 Å². The number of hydrogen-bond acceptors (Lipinski definition) is 7. The van der Waals surface area contributed by atoms with Crippen LogP contribution in [0.4, 0.5) is 5.69 Å². The molecule has 1 aromatic heterocycles. The summed E-state index contributed by atoms with van der Waals surface area (Å²) in [4.78, 5) is 42.0. The number of non-ortho nitro benzene ring substituents is 1. The van der Waals surface area contributed by atoms with Crippen LogP contribution in [0.3, 0.4) is 0 Å².